The third-order valence-corrected chi connectivity index (χ3v) is 14.3. The Kier molecular flexibility index (Phi) is 8.27. The first-order valence-corrected chi connectivity index (χ1v) is 17.9. The average molecular weight is 600 g/mol. The van der Waals surface area contributed by atoms with Gasteiger partial charge in [-0.05, 0) is 79.2 Å². The number of hydrogen-bond donors (Lipinski definition) is 2. The Bertz CT molecular complexity index is 1410. The van der Waals surface area contributed by atoms with Crippen LogP contribution in [0.2, 0.25) is 23.2 Å². The van der Waals surface area contributed by atoms with Crippen LogP contribution in [-0.4, -0.2) is 54.0 Å². The predicted octanol–water partition coefficient (Wildman–Crippen LogP) is 6.72. The van der Waals surface area contributed by atoms with Gasteiger partial charge in [-0.2, -0.15) is 0 Å². The van der Waals surface area contributed by atoms with E-state index in [0.717, 1.165) is 22.4 Å². The van der Waals surface area contributed by atoms with Crippen molar-refractivity contribution in [3.8, 4) is 0 Å². The summed E-state index contributed by atoms with van der Waals surface area (Å²) in [4.78, 5) is 24.0. The van der Waals surface area contributed by atoms with E-state index in [0.29, 0.717) is 40.7 Å². The van der Waals surface area contributed by atoms with E-state index in [1.807, 2.05) is 25.1 Å². The van der Waals surface area contributed by atoms with Gasteiger partial charge in [0.2, 0.25) is 5.78 Å². The SMILES string of the molecule is Cc1sc(C(=O)c2cncnc2N[C@@H]2CC(O[Si](C)(C)C(C)(C)C)[C@@H](O)C2)cc1[C@@H]1OCCc2ccc(Cl)cc21. The molecule has 1 unspecified atom stereocenters. The number of rotatable bonds is 7. The molecule has 2 aliphatic rings. The lowest BCUT2D eigenvalue weighted by atomic mass is 9.93. The van der Waals surface area contributed by atoms with E-state index in [1.165, 1.54) is 23.2 Å². The first-order valence-electron chi connectivity index (χ1n) is 13.8. The lowest BCUT2D eigenvalue weighted by Crippen LogP contribution is -2.45. The number of nitrogens with zero attached hydrogens (tertiary/aromatic N) is 2. The molecule has 1 aromatic carbocycles. The molecule has 7 nitrogen and oxygen atoms in total. The lowest BCUT2D eigenvalue weighted by Gasteiger charge is -2.39. The first kappa shape index (κ1) is 29.4. The number of thiophene rings is 1. The van der Waals surface area contributed by atoms with Crippen molar-refractivity contribution < 1.29 is 19.1 Å². The van der Waals surface area contributed by atoms with E-state index < -0.39 is 14.4 Å². The Morgan fingerprint density at radius 3 is 2.75 bits per heavy atom. The van der Waals surface area contributed by atoms with Crippen LogP contribution in [0.5, 0.6) is 0 Å². The van der Waals surface area contributed by atoms with E-state index in [2.05, 4.69) is 55.2 Å². The Morgan fingerprint density at radius 1 is 1.23 bits per heavy atom. The molecule has 0 amide bonds. The van der Waals surface area contributed by atoms with Crippen LogP contribution in [0.1, 0.15) is 76.5 Å². The zero-order valence-corrected chi connectivity index (χ0v) is 26.5. The van der Waals surface area contributed by atoms with E-state index in [9.17, 15) is 9.90 Å². The number of aliphatic hydroxyl groups excluding tert-OH is 1. The first-order chi connectivity index (χ1) is 18.8. The number of aromatic nitrogens is 2. The van der Waals surface area contributed by atoms with Gasteiger partial charge in [-0.15, -0.1) is 11.3 Å². The number of fused-ring (bicyclic) bond motifs is 1. The largest absolute Gasteiger partial charge is 0.411 e. The molecule has 2 N–H and O–H groups in total. The topological polar surface area (TPSA) is 93.6 Å². The number of aryl methyl sites for hydroxylation is 1. The van der Waals surface area contributed by atoms with Crippen molar-refractivity contribution in [2.45, 2.75) is 89.4 Å². The number of hydrogen-bond acceptors (Lipinski definition) is 8. The van der Waals surface area contributed by atoms with Gasteiger partial charge in [-0.3, -0.25) is 4.79 Å². The normalized spacial score (nSPS) is 23.2. The Hall–Kier alpha value is -2.14. The summed E-state index contributed by atoms with van der Waals surface area (Å²) >= 11 is 7.76. The summed E-state index contributed by atoms with van der Waals surface area (Å²) in [7, 11) is -2.03. The summed E-state index contributed by atoms with van der Waals surface area (Å²) in [5.74, 6) is 0.334. The number of ketones is 1. The van der Waals surface area contributed by atoms with Gasteiger partial charge in [-0.25, -0.2) is 9.97 Å². The molecule has 1 saturated carbocycles. The van der Waals surface area contributed by atoms with Crippen molar-refractivity contribution in [3.63, 3.8) is 0 Å². The van der Waals surface area contributed by atoms with Gasteiger partial charge in [0, 0.05) is 22.1 Å². The summed E-state index contributed by atoms with van der Waals surface area (Å²) < 4.78 is 12.7. The van der Waals surface area contributed by atoms with E-state index in [4.69, 9.17) is 20.8 Å². The Labute approximate surface area is 246 Å². The van der Waals surface area contributed by atoms with Crippen LogP contribution in [0.15, 0.2) is 36.8 Å². The minimum absolute atomic E-state index is 0.0547. The van der Waals surface area contributed by atoms with Crippen molar-refractivity contribution in [2.24, 2.45) is 0 Å². The van der Waals surface area contributed by atoms with E-state index >= 15 is 0 Å². The van der Waals surface area contributed by atoms with Crippen LogP contribution in [0.4, 0.5) is 5.82 Å². The molecule has 2 aromatic heterocycles. The zero-order chi connectivity index (χ0) is 28.8. The molecule has 3 aromatic rings. The summed E-state index contributed by atoms with van der Waals surface area (Å²) in [5.41, 5.74) is 3.66. The molecular weight excluding hydrogens is 562 g/mol. The number of nitrogens with one attached hydrogen (secondary N) is 1. The van der Waals surface area contributed by atoms with Crippen molar-refractivity contribution in [1.82, 2.24) is 9.97 Å². The number of carbonyl (C=O) groups is 1. The quantitative estimate of drug-likeness (QED) is 0.230. The summed E-state index contributed by atoms with van der Waals surface area (Å²) in [6, 6.07) is 7.80. The maximum absolute atomic E-state index is 13.8. The van der Waals surface area contributed by atoms with Gasteiger partial charge >= 0.3 is 0 Å². The molecule has 4 atom stereocenters. The van der Waals surface area contributed by atoms with Crippen molar-refractivity contribution >= 4 is 42.9 Å². The molecule has 3 heterocycles. The van der Waals surface area contributed by atoms with Crippen LogP contribution >= 0.6 is 22.9 Å². The number of ether oxygens (including phenoxy) is 1. The number of aliphatic hydroxyl groups is 1. The maximum atomic E-state index is 13.8. The highest BCUT2D eigenvalue weighted by Crippen LogP contribution is 2.41. The fourth-order valence-corrected chi connectivity index (χ4v) is 7.80. The minimum atomic E-state index is -2.03. The van der Waals surface area contributed by atoms with Gasteiger partial charge in [0.05, 0.1) is 29.3 Å². The van der Waals surface area contributed by atoms with E-state index in [1.54, 1.807) is 6.20 Å². The van der Waals surface area contributed by atoms with Crippen LogP contribution in [-0.2, 0) is 15.6 Å². The summed E-state index contributed by atoms with van der Waals surface area (Å²) in [6.07, 6.45) is 3.95. The molecule has 5 rings (SSSR count). The fourth-order valence-electron chi connectivity index (χ4n) is 5.25. The molecule has 0 spiro atoms. The fraction of sp³-hybridized carbons (Fsp3) is 0.500. The number of halogens is 1. The molecule has 0 radical (unpaired) electrons. The molecule has 0 saturated heterocycles. The van der Waals surface area contributed by atoms with Gasteiger partial charge in [0.1, 0.15) is 18.2 Å². The number of benzene rings is 1. The highest BCUT2D eigenvalue weighted by atomic mass is 35.5. The average Bonchev–Trinajstić information content (AvgIpc) is 3.44. The van der Waals surface area contributed by atoms with Gasteiger partial charge in [-0.1, -0.05) is 38.4 Å². The van der Waals surface area contributed by atoms with Crippen LogP contribution in [0, 0.1) is 6.92 Å². The van der Waals surface area contributed by atoms with Crippen molar-refractivity contribution in [2.75, 3.05) is 11.9 Å². The van der Waals surface area contributed by atoms with Crippen LogP contribution in [0.25, 0.3) is 0 Å². The smallest absolute Gasteiger partial charge is 0.208 e. The third kappa shape index (κ3) is 5.91. The lowest BCUT2D eigenvalue weighted by molar-refractivity contribution is 0.0512. The molecule has 214 valence electrons. The van der Waals surface area contributed by atoms with Gasteiger partial charge in [0.15, 0.2) is 8.32 Å². The Morgan fingerprint density at radius 2 is 2.00 bits per heavy atom. The van der Waals surface area contributed by atoms with E-state index in [-0.39, 0.29) is 29.1 Å². The van der Waals surface area contributed by atoms with Crippen LogP contribution in [0.3, 0.4) is 0 Å². The minimum Gasteiger partial charge on any atom is -0.411 e. The molecule has 10 heteroatoms. The standard InChI is InChI=1S/C30H38ClN3O4SSi/c1-17-21(28-22-11-19(31)8-7-18(22)9-10-37-28)14-26(39-17)27(36)23-15-32-16-33-29(23)34-20-12-24(35)25(13-20)38-40(5,6)30(2,3)4/h7-8,11,14-16,20,24-25,28,35H,9-10,12-13H2,1-6H3,(H,32,33,34)/t20-,24-,25?,28-/m0/s1. The molecule has 1 fully saturated rings. The second-order valence-corrected chi connectivity index (χ2v) is 18.8. The summed E-state index contributed by atoms with van der Waals surface area (Å²) in [6.45, 7) is 13.6. The van der Waals surface area contributed by atoms with Gasteiger partial charge in [0.25, 0.3) is 0 Å². The van der Waals surface area contributed by atoms with Crippen molar-refractivity contribution in [1.29, 1.82) is 0 Å². The van der Waals surface area contributed by atoms with Crippen LogP contribution < -0.4 is 5.32 Å². The monoisotopic (exact) mass is 599 g/mol. The Balaban J connectivity index is 1.35. The highest BCUT2D eigenvalue weighted by Gasteiger charge is 2.44. The number of carbonyl (C=O) groups excluding carboxylic acids is 1. The highest BCUT2D eigenvalue weighted by molar-refractivity contribution is 7.14. The third-order valence-electron chi connectivity index (χ3n) is 8.53. The second-order valence-electron chi connectivity index (χ2n) is 12.4. The van der Waals surface area contributed by atoms with Crippen molar-refractivity contribution in [3.05, 3.63) is 73.8 Å². The summed E-state index contributed by atoms with van der Waals surface area (Å²) in [5, 5.41) is 14.9. The maximum Gasteiger partial charge on any atom is 0.208 e. The van der Waals surface area contributed by atoms with Gasteiger partial charge < -0.3 is 19.6 Å². The molecular formula is C30H38ClN3O4SSi. The molecule has 1 aliphatic carbocycles. The number of anilines is 1. The second kappa shape index (κ2) is 11.3. The molecule has 1 aliphatic heterocycles. The zero-order valence-electron chi connectivity index (χ0n) is 24.0. The molecule has 40 heavy (non-hydrogen) atoms. The predicted molar refractivity (Wildman–Crippen MR) is 162 cm³/mol. The molecule has 0 bridgehead atoms.